The summed E-state index contributed by atoms with van der Waals surface area (Å²) in [6, 6.07) is 62.5. The molecule has 0 amide bonds. The second-order valence-electron chi connectivity index (χ2n) is 13.2. The van der Waals surface area contributed by atoms with Crippen LogP contribution in [0.2, 0.25) is 0 Å². The molecule has 50 heavy (non-hydrogen) atoms. The van der Waals surface area contributed by atoms with Crippen LogP contribution in [0.5, 0.6) is 0 Å². The Morgan fingerprint density at radius 1 is 0.480 bits per heavy atom. The number of aliphatic imine (C=N–C) groups is 1. The minimum atomic E-state index is -0.423. The van der Waals surface area contributed by atoms with Gasteiger partial charge in [0.25, 0.3) is 0 Å². The fourth-order valence-corrected chi connectivity index (χ4v) is 7.97. The molecule has 0 aliphatic carbocycles. The summed E-state index contributed by atoms with van der Waals surface area (Å²) in [5.74, 6) is 0.924. The Labute approximate surface area is 290 Å². The van der Waals surface area contributed by atoms with Crippen molar-refractivity contribution < 1.29 is 0 Å². The number of para-hydroxylation sites is 4. The van der Waals surface area contributed by atoms with E-state index in [1.807, 2.05) is 6.07 Å². The van der Waals surface area contributed by atoms with Gasteiger partial charge < -0.3 is 4.57 Å². The van der Waals surface area contributed by atoms with Crippen molar-refractivity contribution in [3.63, 3.8) is 0 Å². The standard InChI is InChI=1S/C46H32N4/c1-46(33-17-7-3-8-18-33)38-30-43-37(29-40(38)47-44(46)31-15-5-2-6-16-31)36-21-11-13-23-41(36)49(43)35-27-25-32(26-28-35)45-48-39-22-12-14-24-42(39)50(45)34-19-9-4-10-20-34/h2-30H,1H3. The van der Waals surface area contributed by atoms with Gasteiger partial charge in [0, 0.05) is 27.7 Å². The van der Waals surface area contributed by atoms with Crippen molar-refractivity contribution in [2.75, 3.05) is 0 Å². The summed E-state index contributed by atoms with van der Waals surface area (Å²) in [6.45, 7) is 2.33. The van der Waals surface area contributed by atoms with E-state index in [-0.39, 0.29) is 0 Å². The molecule has 1 aliphatic rings. The Morgan fingerprint density at radius 2 is 1.10 bits per heavy atom. The summed E-state index contributed by atoms with van der Waals surface area (Å²) < 4.78 is 4.66. The molecule has 236 valence electrons. The van der Waals surface area contributed by atoms with Gasteiger partial charge in [0.15, 0.2) is 0 Å². The highest BCUT2D eigenvalue weighted by Gasteiger charge is 2.42. The first-order valence-electron chi connectivity index (χ1n) is 17.1. The fraction of sp³-hybridized carbons (Fsp3) is 0.0435. The van der Waals surface area contributed by atoms with Gasteiger partial charge in [-0.1, -0.05) is 109 Å². The van der Waals surface area contributed by atoms with E-state index in [1.54, 1.807) is 0 Å². The number of hydrogen-bond acceptors (Lipinski definition) is 2. The molecule has 0 saturated heterocycles. The number of rotatable bonds is 5. The minimum absolute atomic E-state index is 0.423. The van der Waals surface area contributed by atoms with Crippen molar-refractivity contribution in [2.24, 2.45) is 4.99 Å². The minimum Gasteiger partial charge on any atom is -0.309 e. The van der Waals surface area contributed by atoms with Crippen LogP contribution in [0.1, 0.15) is 23.6 Å². The molecule has 7 aromatic carbocycles. The number of imidazole rings is 1. The highest BCUT2D eigenvalue weighted by Crippen LogP contribution is 2.49. The number of aromatic nitrogens is 3. The topological polar surface area (TPSA) is 35.1 Å². The molecular formula is C46H32N4. The van der Waals surface area contributed by atoms with Crippen LogP contribution in [0.4, 0.5) is 5.69 Å². The average Bonchev–Trinajstić information content (AvgIpc) is 3.83. The van der Waals surface area contributed by atoms with Gasteiger partial charge in [-0.25, -0.2) is 4.98 Å². The third-order valence-corrected chi connectivity index (χ3v) is 10.4. The SMILES string of the molecule is CC1(c2ccccc2)C(c2ccccc2)=Nc2cc3c4ccccc4n(-c4ccc(-c5nc6ccccc6n5-c5ccccc5)cc4)c3cc21. The summed E-state index contributed by atoms with van der Waals surface area (Å²) >= 11 is 0. The summed E-state index contributed by atoms with van der Waals surface area (Å²) in [7, 11) is 0. The van der Waals surface area contributed by atoms with Gasteiger partial charge in [-0.2, -0.15) is 0 Å². The molecule has 2 aromatic heterocycles. The first-order valence-corrected chi connectivity index (χ1v) is 17.1. The molecule has 0 N–H and O–H groups in total. The third-order valence-electron chi connectivity index (χ3n) is 10.4. The zero-order valence-corrected chi connectivity index (χ0v) is 27.5. The van der Waals surface area contributed by atoms with Crippen LogP contribution in [-0.2, 0) is 5.41 Å². The molecule has 0 radical (unpaired) electrons. The summed E-state index contributed by atoms with van der Waals surface area (Å²) in [5.41, 5.74) is 12.9. The Morgan fingerprint density at radius 3 is 1.86 bits per heavy atom. The third kappa shape index (κ3) is 4.18. The molecule has 0 saturated carbocycles. The molecule has 0 bridgehead atoms. The van der Waals surface area contributed by atoms with E-state index in [0.717, 1.165) is 50.8 Å². The largest absolute Gasteiger partial charge is 0.309 e. The molecular weight excluding hydrogens is 609 g/mol. The predicted molar refractivity (Wildman–Crippen MR) is 206 cm³/mol. The molecule has 1 aliphatic heterocycles. The molecule has 10 rings (SSSR count). The first-order chi connectivity index (χ1) is 24.7. The molecule has 3 heterocycles. The van der Waals surface area contributed by atoms with Crippen LogP contribution in [0, 0.1) is 0 Å². The van der Waals surface area contributed by atoms with Crippen molar-refractivity contribution in [2.45, 2.75) is 12.3 Å². The van der Waals surface area contributed by atoms with Gasteiger partial charge in [0.2, 0.25) is 0 Å². The lowest BCUT2D eigenvalue weighted by molar-refractivity contribution is 0.794. The van der Waals surface area contributed by atoms with E-state index in [1.165, 1.54) is 32.9 Å². The molecule has 0 fully saturated rings. The van der Waals surface area contributed by atoms with Crippen molar-refractivity contribution in [1.29, 1.82) is 0 Å². The van der Waals surface area contributed by atoms with Gasteiger partial charge in [0.05, 0.1) is 38.9 Å². The maximum atomic E-state index is 5.38. The van der Waals surface area contributed by atoms with E-state index in [0.29, 0.717) is 0 Å². The first kappa shape index (κ1) is 28.5. The summed E-state index contributed by atoms with van der Waals surface area (Å²) in [6.07, 6.45) is 0. The summed E-state index contributed by atoms with van der Waals surface area (Å²) in [4.78, 5) is 10.5. The van der Waals surface area contributed by atoms with Gasteiger partial charge in [-0.3, -0.25) is 9.56 Å². The second-order valence-corrected chi connectivity index (χ2v) is 13.2. The lowest BCUT2D eigenvalue weighted by Gasteiger charge is -2.29. The molecule has 1 unspecified atom stereocenters. The van der Waals surface area contributed by atoms with Gasteiger partial charge in [-0.15, -0.1) is 0 Å². The van der Waals surface area contributed by atoms with Crippen LogP contribution < -0.4 is 0 Å². The van der Waals surface area contributed by atoms with E-state index < -0.39 is 5.41 Å². The molecule has 9 aromatic rings. The quantitative estimate of drug-likeness (QED) is 0.184. The number of benzene rings is 7. The maximum absolute atomic E-state index is 5.38. The normalized spacial score (nSPS) is 15.5. The molecule has 0 spiro atoms. The Balaban J connectivity index is 1.17. The highest BCUT2D eigenvalue weighted by atomic mass is 15.1. The van der Waals surface area contributed by atoms with Crippen molar-refractivity contribution in [3.05, 3.63) is 193 Å². The van der Waals surface area contributed by atoms with Crippen molar-refractivity contribution >= 4 is 44.2 Å². The Bertz CT molecular complexity index is 2740. The maximum Gasteiger partial charge on any atom is 0.145 e. The zero-order chi connectivity index (χ0) is 33.2. The van der Waals surface area contributed by atoms with Crippen LogP contribution in [0.15, 0.2) is 181 Å². The van der Waals surface area contributed by atoms with Crippen LogP contribution in [-0.4, -0.2) is 19.8 Å². The van der Waals surface area contributed by atoms with Gasteiger partial charge >= 0.3 is 0 Å². The van der Waals surface area contributed by atoms with Gasteiger partial charge in [-0.05, 0) is 90.3 Å². The Kier molecular flexibility index (Phi) is 6.27. The Hall–Kier alpha value is -6.52. The molecule has 1 atom stereocenters. The van der Waals surface area contributed by atoms with Gasteiger partial charge in [0.1, 0.15) is 5.82 Å². The number of hydrogen-bond donors (Lipinski definition) is 0. The monoisotopic (exact) mass is 640 g/mol. The number of nitrogens with zero attached hydrogens (tertiary/aromatic N) is 4. The molecule has 4 nitrogen and oxygen atoms in total. The van der Waals surface area contributed by atoms with Crippen molar-refractivity contribution in [1.82, 2.24) is 14.1 Å². The summed E-state index contributed by atoms with van der Waals surface area (Å²) in [5, 5.41) is 2.41. The van der Waals surface area contributed by atoms with E-state index in [9.17, 15) is 0 Å². The zero-order valence-electron chi connectivity index (χ0n) is 27.5. The van der Waals surface area contributed by atoms with Crippen LogP contribution in [0.3, 0.4) is 0 Å². The lowest BCUT2D eigenvalue weighted by atomic mass is 9.71. The average molecular weight is 641 g/mol. The van der Waals surface area contributed by atoms with Crippen LogP contribution >= 0.6 is 0 Å². The van der Waals surface area contributed by atoms with E-state index in [4.69, 9.17) is 9.98 Å². The lowest BCUT2D eigenvalue weighted by Crippen LogP contribution is -2.31. The van der Waals surface area contributed by atoms with E-state index >= 15 is 0 Å². The number of fused-ring (bicyclic) bond motifs is 5. The van der Waals surface area contributed by atoms with E-state index in [2.05, 4.69) is 186 Å². The fourth-order valence-electron chi connectivity index (χ4n) is 7.97. The molecule has 4 heteroatoms. The smallest absolute Gasteiger partial charge is 0.145 e. The van der Waals surface area contributed by atoms with Crippen molar-refractivity contribution in [3.8, 4) is 22.8 Å². The van der Waals surface area contributed by atoms with Crippen LogP contribution in [0.25, 0.3) is 55.6 Å². The predicted octanol–water partition coefficient (Wildman–Crippen LogP) is 11.2. The second kappa shape index (κ2) is 11.0. The highest BCUT2D eigenvalue weighted by molar-refractivity contribution is 6.17.